The van der Waals surface area contributed by atoms with E-state index in [0.29, 0.717) is 12.0 Å². The molecule has 0 spiro atoms. The van der Waals surface area contributed by atoms with Gasteiger partial charge in [-0.1, -0.05) is 11.6 Å². The number of hydrogen-bond acceptors (Lipinski definition) is 3. The van der Waals surface area contributed by atoms with E-state index in [2.05, 4.69) is 23.3 Å². The zero-order valence-corrected chi connectivity index (χ0v) is 10.5. The Kier molecular flexibility index (Phi) is 3.67. The molecule has 2 heterocycles. The predicted molar refractivity (Wildman–Crippen MR) is 66.5 cm³/mol. The summed E-state index contributed by atoms with van der Waals surface area (Å²) in [6.07, 6.45) is 1.23. The summed E-state index contributed by atoms with van der Waals surface area (Å²) in [5, 5.41) is 2.16. The Hall–Kier alpha value is -0.0900. The average Bonchev–Trinajstić information content (AvgIpc) is 2.84. The fraction of sp³-hybridized carbons (Fsp3) is 0.636. The molecule has 0 saturated carbocycles. The van der Waals surface area contributed by atoms with Crippen LogP contribution in [0.2, 0.25) is 4.34 Å². The Morgan fingerprint density at radius 2 is 2.53 bits per heavy atom. The van der Waals surface area contributed by atoms with Crippen molar-refractivity contribution in [3.05, 3.63) is 21.3 Å². The van der Waals surface area contributed by atoms with Gasteiger partial charge in [-0.25, -0.2) is 0 Å². The van der Waals surface area contributed by atoms with E-state index in [1.807, 2.05) is 0 Å². The van der Waals surface area contributed by atoms with Crippen LogP contribution in [0.5, 0.6) is 0 Å². The molecular formula is C11H17ClN2S. The van der Waals surface area contributed by atoms with Crippen LogP contribution in [0.4, 0.5) is 0 Å². The first-order valence-corrected chi connectivity index (χ1v) is 6.64. The van der Waals surface area contributed by atoms with Crippen LogP contribution >= 0.6 is 22.9 Å². The van der Waals surface area contributed by atoms with Crippen molar-refractivity contribution in [3.63, 3.8) is 0 Å². The van der Waals surface area contributed by atoms with Gasteiger partial charge in [0.15, 0.2) is 0 Å². The molecule has 2 N–H and O–H groups in total. The summed E-state index contributed by atoms with van der Waals surface area (Å²) in [4.78, 5) is 2.50. The number of hydrogen-bond donors (Lipinski definition) is 1. The Morgan fingerprint density at radius 3 is 3.07 bits per heavy atom. The third-order valence-corrected chi connectivity index (χ3v) is 4.38. The minimum atomic E-state index is 0.477. The Balaban J connectivity index is 2.00. The molecule has 0 bridgehead atoms. The summed E-state index contributed by atoms with van der Waals surface area (Å²) in [5.74, 6) is 0.682. The first-order chi connectivity index (χ1) is 7.20. The lowest BCUT2D eigenvalue weighted by Crippen LogP contribution is -2.25. The highest BCUT2D eigenvalue weighted by Crippen LogP contribution is 2.31. The van der Waals surface area contributed by atoms with E-state index in [9.17, 15) is 0 Å². The van der Waals surface area contributed by atoms with Crippen molar-refractivity contribution in [1.82, 2.24) is 4.90 Å². The number of rotatable bonds is 3. The number of nitrogens with two attached hydrogens (primary N) is 1. The van der Waals surface area contributed by atoms with Crippen molar-refractivity contribution in [2.24, 2.45) is 11.7 Å². The Bertz CT molecular complexity index is 326. The van der Waals surface area contributed by atoms with E-state index in [1.54, 1.807) is 11.3 Å². The van der Waals surface area contributed by atoms with E-state index >= 15 is 0 Å². The summed E-state index contributed by atoms with van der Waals surface area (Å²) in [6.45, 7) is 5.35. The van der Waals surface area contributed by atoms with Crippen molar-refractivity contribution in [1.29, 1.82) is 0 Å². The molecule has 84 valence electrons. The number of nitrogens with zero attached hydrogens (tertiary/aromatic N) is 1. The molecule has 1 saturated heterocycles. The maximum atomic E-state index is 5.95. The lowest BCUT2D eigenvalue weighted by atomic mass is 10.1. The fourth-order valence-electron chi connectivity index (χ4n) is 2.16. The van der Waals surface area contributed by atoms with Gasteiger partial charge in [0.2, 0.25) is 0 Å². The van der Waals surface area contributed by atoms with Crippen LogP contribution in [-0.4, -0.2) is 24.5 Å². The average molecular weight is 245 g/mol. The van der Waals surface area contributed by atoms with Crippen LogP contribution in [-0.2, 0) is 0 Å². The van der Waals surface area contributed by atoms with Crippen molar-refractivity contribution in [2.45, 2.75) is 19.4 Å². The molecule has 1 aliphatic heterocycles. The molecule has 4 heteroatoms. The second-order valence-electron chi connectivity index (χ2n) is 4.25. The Morgan fingerprint density at radius 1 is 1.73 bits per heavy atom. The van der Waals surface area contributed by atoms with E-state index in [0.717, 1.165) is 24.0 Å². The molecule has 0 amide bonds. The van der Waals surface area contributed by atoms with Crippen LogP contribution in [0.15, 0.2) is 11.4 Å². The number of thiophene rings is 1. The van der Waals surface area contributed by atoms with Crippen molar-refractivity contribution in [2.75, 3.05) is 19.6 Å². The van der Waals surface area contributed by atoms with Gasteiger partial charge < -0.3 is 5.73 Å². The minimum Gasteiger partial charge on any atom is -0.330 e. The van der Waals surface area contributed by atoms with Crippen molar-refractivity contribution < 1.29 is 0 Å². The fourth-order valence-corrected chi connectivity index (χ4v) is 3.14. The quantitative estimate of drug-likeness (QED) is 0.886. The molecule has 0 radical (unpaired) electrons. The molecule has 2 nitrogen and oxygen atoms in total. The van der Waals surface area contributed by atoms with Crippen LogP contribution in [0.3, 0.4) is 0 Å². The summed E-state index contributed by atoms with van der Waals surface area (Å²) in [6, 6.07) is 2.55. The second-order valence-corrected chi connectivity index (χ2v) is 5.79. The lowest BCUT2D eigenvalue weighted by Gasteiger charge is -2.23. The topological polar surface area (TPSA) is 29.3 Å². The molecule has 0 aromatic carbocycles. The molecule has 0 aliphatic carbocycles. The normalized spacial score (nSPS) is 24.6. The van der Waals surface area contributed by atoms with Gasteiger partial charge in [-0.15, -0.1) is 11.3 Å². The van der Waals surface area contributed by atoms with Gasteiger partial charge in [-0.3, -0.25) is 4.90 Å². The smallest absolute Gasteiger partial charge is 0.0931 e. The van der Waals surface area contributed by atoms with Gasteiger partial charge in [-0.2, -0.15) is 0 Å². The van der Waals surface area contributed by atoms with Gasteiger partial charge in [-0.05, 0) is 49.4 Å². The maximum Gasteiger partial charge on any atom is 0.0931 e. The first-order valence-electron chi connectivity index (χ1n) is 5.38. The van der Waals surface area contributed by atoms with Gasteiger partial charge >= 0.3 is 0 Å². The van der Waals surface area contributed by atoms with E-state index in [1.165, 1.54) is 12.0 Å². The van der Waals surface area contributed by atoms with Gasteiger partial charge in [0.05, 0.1) is 4.34 Å². The highest BCUT2D eigenvalue weighted by molar-refractivity contribution is 7.14. The summed E-state index contributed by atoms with van der Waals surface area (Å²) in [5.41, 5.74) is 7.03. The van der Waals surface area contributed by atoms with Crippen LogP contribution in [0.1, 0.15) is 24.9 Å². The zero-order valence-electron chi connectivity index (χ0n) is 8.95. The standard InChI is InChI=1S/C11H17ClN2S/c1-8(10-4-11(12)15-7-10)14-3-2-9(5-13)6-14/h4,7-9H,2-3,5-6,13H2,1H3. The molecule has 1 fully saturated rings. The third-order valence-electron chi connectivity index (χ3n) is 3.27. The Labute approximate surface area is 100 Å². The SMILES string of the molecule is CC(c1csc(Cl)c1)N1CCC(CN)C1. The highest BCUT2D eigenvalue weighted by atomic mass is 35.5. The molecule has 2 rings (SSSR count). The van der Waals surface area contributed by atoms with Crippen molar-refractivity contribution in [3.8, 4) is 0 Å². The molecule has 1 aromatic rings. The van der Waals surface area contributed by atoms with Crippen LogP contribution in [0.25, 0.3) is 0 Å². The molecule has 1 aliphatic rings. The van der Waals surface area contributed by atoms with Crippen molar-refractivity contribution >= 4 is 22.9 Å². The third kappa shape index (κ3) is 2.53. The summed E-state index contributed by atoms with van der Waals surface area (Å²) >= 11 is 7.56. The molecule has 2 atom stereocenters. The van der Waals surface area contributed by atoms with Crippen LogP contribution < -0.4 is 5.73 Å². The summed E-state index contributed by atoms with van der Waals surface area (Å²) in [7, 11) is 0. The first kappa shape index (κ1) is 11.4. The van der Waals surface area contributed by atoms with E-state index in [-0.39, 0.29) is 0 Å². The molecular weight excluding hydrogens is 228 g/mol. The maximum absolute atomic E-state index is 5.95. The molecule has 2 unspecified atom stereocenters. The second kappa shape index (κ2) is 4.83. The van der Waals surface area contributed by atoms with Crippen LogP contribution in [0, 0.1) is 5.92 Å². The zero-order chi connectivity index (χ0) is 10.8. The van der Waals surface area contributed by atoms with Gasteiger partial charge in [0.1, 0.15) is 0 Å². The number of likely N-dealkylation sites (tertiary alicyclic amines) is 1. The van der Waals surface area contributed by atoms with E-state index < -0.39 is 0 Å². The predicted octanol–water partition coefficient (Wildman–Crippen LogP) is 2.74. The molecule has 1 aromatic heterocycles. The monoisotopic (exact) mass is 244 g/mol. The summed E-state index contributed by atoms with van der Waals surface area (Å²) < 4.78 is 0.881. The van der Waals surface area contributed by atoms with Gasteiger partial charge in [0.25, 0.3) is 0 Å². The van der Waals surface area contributed by atoms with Gasteiger partial charge in [0, 0.05) is 12.6 Å². The lowest BCUT2D eigenvalue weighted by molar-refractivity contribution is 0.254. The minimum absolute atomic E-state index is 0.477. The molecule has 15 heavy (non-hydrogen) atoms. The largest absolute Gasteiger partial charge is 0.330 e. The number of halogens is 1. The van der Waals surface area contributed by atoms with E-state index in [4.69, 9.17) is 17.3 Å². The highest BCUT2D eigenvalue weighted by Gasteiger charge is 2.26.